The number of unbranched alkanes of at least 4 members (excludes halogenated alkanes) is 3. The van der Waals surface area contributed by atoms with Crippen molar-refractivity contribution in [2.75, 3.05) is 13.1 Å². The number of sulfone groups is 1. The number of carbonyl (C=O) groups is 2. The van der Waals surface area contributed by atoms with Crippen LogP contribution in [-0.4, -0.2) is 43.6 Å². The van der Waals surface area contributed by atoms with Crippen LogP contribution >= 0.6 is 0 Å². The van der Waals surface area contributed by atoms with Crippen LogP contribution in [0.1, 0.15) is 43.2 Å². The van der Waals surface area contributed by atoms with Gasteiger partial charge in [-0.05, 0) is 42.5 Å². The first-order valence-electron chi connectivity index (χ1n) is 11.0. The standard InChI is InChI=1S/C24H28F2N2O4S/c25-20-12-11-18(14-21(20)26)8-4-1-2-7-13-27-22(29)16-28-23(30)15-24(28)33(31,32)17-19-9-5-3-6-10-19/h3,5-6,9-12,14,24H,1-2,4,7-8,13,15-17H2,(H,27,29). The number of aryl methyl sites for hydroxylation is 1. The van der Waals surface area contributed by atoms with Crippen LogP contribution in [0.3, 0.4) is 0 Å². The number of carbonyl (C=O) groups excluding carboxylic acids is 2. The molecule has 1 fully saturated rings. The van der Waals surface area contributed by atoms with Crippen molar-refractivity contribution in [3.8, 4) is 0 Å². The second-order valence-electron chi connectivity index (χ2n) is 8.24. The van der Waals surface area contributed by atoms with Gasteiger partial charge in [-0.1, -0.05) is 49.2 Å². The number of amides is 2. The SMILES string of the molecule is O=C(CN1C(=O)CC1S(=O)(=O)Cc1ccccc1)NCCCCCCc1ccc(F)c(F)c1. The van der Waals surface area contributed by atoms with Gasteiger partial charge in [0, 0.05) is 6.54 Å². The van der Waals surface area contributed by atoms with Gasteiger partial charge in [-0.2, -0.15) is 0 Å². The molecule has 0 radical (unpaired) electrons. The summed E-state index contributed by atoms with van der Waals surface area (Å²) in [5.74, 6) is -2.59. The third-order valence-electron chi connectivity index (χ3n) is 5.65. The summed E-state index contributed by atoms with van der Waals surface area (Å²) in [5, 5.41) is 1.76. The highest BCUT2D eigenvalue weighted by atomic mass is 32.2. The Hall–Kier alpha value is -2.81. The van der Waals surface area contributed by atoms with Gasteiger partial charge in [-0.15, -0.1) is 0 Å². The summed E-state index contributed by atoms with van der Waals surface area (Å²) in [4.78, 5) is 25.2. The van der Waals surface area contributed by atoms with E-state index in [-0.39, 0.29) is 30.5 Å². The molecule has 33 heavy (non-hydrogen) atoms. The van der Waals surface area contributed by atoms with Gasteiger partial charge in [-0.25, -0.2) is 17.2 Å². The van der Waals surface area contributed by atoms with Crippen LogP contribution in [-0.2, 0) is 31.6 Å². The van der Waals surface area contributed by atoms with Crippen LogP contribution < -0.4 is 5.32 Å². The molecule has 2 aromatic carbocycles. The molecule has 1 aliphatic heterocycles. The van der Waals surface area contributed by atoms with E-state index in [1.807, 2.05) is 0 Å². The van der Waals surface area contributed by atoms with Gasteiger partial charge in [0.2, 0.25) is 11.8 Å². The summed E-state index contributed by atoms with van der Waals surface area (Å²) in [6.45, 7) is 0.154. The van der Waals surface area contributed by atoms with Crippen molar-refractivity contribution in [3.63, 3.8) is 0 Å². The van der Waals surface area contributed by atoms with Crippen LogP contribution in [0.25, 0.3) is 0 Å². The largest absolute Gasteiger partial charge is 0.355 e. The number of benzene rings is 2. The minimum Gasteiger partial charge on any atom is -0.355 e. The van der Waals surface area contributed by atoms with Crippen molar-refractivity contribution in [2.24, 2.45) is 0 Å². The molecule has 6 nitrogen and oxygen atoms in total. The monoisotopic (exact) mass is 478 g/mol. The third kappa shape index (κ3) is 7.08. The highest BCUT2D eigenvalue weighted by Gasteiger charge is 2.45. The average Bonchev–Trinajstić information content (AvgIpc) is 2.77. The van der Waals surface area contributed by atoms with Gasteiger partial charge in [0.05, 0.1) is 12.2 Å². The number of nitrogens with zero attached hydrogens (tertiary/aromatic N) is 1. The maximum absolute atomic E-state index is 13.2. The fourth-order valence-corrected chi connectivity index (χ4v) is 5.61. The summed E-state index contributed by atoms with van der Waals surface area (Å²) in [6, 6.07) is 12.6. The van der Waals surface area contributed by atoms with E-state index in [0.29, 0.717) is 18.5 Å². The molecular formula is C24H28F2N2O4S. The maximum atomic E-state index is 13.2. The van der Waals surface area contributed by atoms with Crippen molar-refractivity contribution in [3.05, 3.63) is 71.3 Å². The van der Waals surface area contributed by atoms with E-state index in [0.717, 1.165) is 42.2 Å². The number of halogens is 2. The van der Waals surface area contributed by atoms with E-state index in [2.05, 4.69) is 5.32 Å². The number of hydrogen-bond donors (Lipinski definition) is 1. The van der Waals surface area contributed by atoms with Gasteiger partial charge in [-0.3, -0.25) is 9.59 Å². The molecule has 3 rings (SSSR count). The van der Waals surface area contributed by atoms with E-state index >= 15 is 0 Å². The quantitative estimate of drug-likeness (QED) is 0.375. The lowest BCUT2D eigenvalue weighted by molar-refractivity contribution is -0.145. The Morgan fingerprint density at radius 3 is 2.39 bits per heavy atom. The number of hydrogen-bond acceptors (Lipinski definition) is 4. The first-order chi connectivity index (χ1) is 15.8. The zero-order valence-electron chi connectivity index (χ0n) is 18.3. The van der Waals surface area contributed by atoms with Crippen molar-refractivity contribution >= 4 is 21.7 Å². The molecule has 0 aliphatic carbocycles. The molecule has 0 aromatic heterocycles. The van der Waals surface area contributed by atoms with Crippen LogP contribution in [0.15, 0.2) is 48.5 Å². The van der Waals surface area contributed by atoms with E-state index in [4.69, 9.17) is 0 Å². The van der Waals surface area contributed by atoms with E-state index in [9.17, 15) is 26.8 Å². The molecule has 1 aliphatic rings. The van der Waals surface area contributed by atoms with E-state index in [1.165, 1.54) is 6.07 Å². The molecule has 1 heterocycles. The van der Waals surface area contributed by atoms with Crippen LogP contribution in [0, 0.1) is 11.6 Å². The van der Waals surface area contributed by atoms with E-state index < -0.39 is 26.8 Å². The Bertz CT molecular complexity index is 1080. The first-order valence-corrected chi connectivity index (χ1v) is 12.7. The Kier molecular flexibility index (Phi) is 8.55. The molecule has 1 atom stereocenters. The molecule has 0 saturated carbocycles. The second kappa shape index (κ2) is 11.4. The van der Waals surface area contributed by atoms with Crippen LogP contribution in [0.2, 0.25) is 0 Å². The molecule has 0 bridgehead atoms. The van der Waals surface area contributed by atoms with Gasteiger partial charge < -0.3 is 10.2 Å². The molecule has 0 spiro atoms. The van der Waals surface area contributed by atoms with Gasteiger partial charge in [0.1, 0.15) is 11.9 Å². The molecule has 1 N–H and O–H groups in total. The van der Waals surface area contributed by atoms with Gasteiger partial charge >= 0.3 is 0 Å². The van der Waals surface area contributed by atoms with Crippen molar-refractivity contribution < 1.29 is 26.8 Å². The molecular weight excluding hydrogens is 450 g/mol. The minimum absolute atomic E-state index is 0.0968. The molecule has 1 unspecified atom stereocenters. The Morgan fingerprint density at radius 1 is 0.970 bits per heavy atom. The van der Waals surface area contributed by atoms with Crippen LogP contribution in [0.5, 0.6) is 0 Å². The fraction of sp³-hybridized carbons (Fsp3) is 0.417. The zero-order valence-corrected chi connectivity index (χ0v) is 19.1. The topological polar surface area (TPSA) is 83.6 Å². The number of rotatable bonds is 12. The number of likely N-dealkylation sites (tertiary alicyclic amines) is 1. The predicted molar refractivity (Wildman–Crippen MR) is 121 cm³/mol. The van der Waals surface area contributed by atoms with Crippen molar-refractivity contribution in [2.45, 2.75) is 49.7 Å². The highest BCUT2D eigenvalue weighted by Crippen LogP contribution is 2.26. The molecule has 9 heteroatoms. The van der Waals surface area contributed by atoms with Crippen molar-refractivity contribution in [1.29, 1.82) is 0 Å². The van der Waals surface area contributed by atoms with Gasteiger partial charge in [0.25, 0.3) is 0 Å². The summed E-state index contributed by atoms with van der Waals surface area (Å²) < 4.78 is 51.4. The second-order valence-corrected chi connectivity index (χ2v) is 10.4. The minimum atomic E-state index is -3.59. The summed E-state index contributed by atoms with van der Waals surface area (Å²) in [6.07, 6.45) is 3.83. The summed E-state index contributed by atoms with van der Waals surface area (Å²) >= 11 is 0. The third-order valence-corrected chi connectivity index (χ3v) is 7.64. The lowest BCUT2D eigenvalue weighted by Crippen LogP contribution is -2.59. The lowest BCUT2D eigenvalue weighted by atomic mass is 10.1. The van der Waals surface area contributed by atoms with Crippen LogP contribution in [0.4, 0.5) is 8.78 Å². The number of β-lactam (4-membered cyclic amide) rings is 1. The fourth-order valence-electron chi connectivity index (χ4n) is 3.78. The molecule has 178 valence electrons. The first kappa shape index (κ1) is 24.8. The highest BCUT2D eigenvalue weighted by molar-refractivity contribution is 7.91. The normalized spacial score (nSPS) is 15.9. The van der Waals surface area contributed by atoms with Crippen molar-refractivity contribution in [1.82, 2.24) is 10.2 Å². The maximum Gasteiger partial charge on any atom is 0.239 e. The Balaban J connectivity index is 1.33. The Morgan fingerprint density at radius 2 is 1.70 bits per heavy atom. The Labute approximate surface area is 192 Å². The predicted octanol–water partition coefficient (Wildman–Crippen LogP) is 3.36. The van der Waals surface area contributed by atoms with Gasteiger partial charge in [0.15, 0.2) is 21.5 Å². The molecule has 2 amide bonds. The van der Waals surface area contributed by atoms with E-state index in [1.54, 1.807) is 36.4 Å². The average molecular weight is 479 g/mol. The molecule has 1 saturated heterocycles. The lowest BCUT2D eigenvalue weighted by Gasteiger charge is -2.39. The smallest absolute Gasteiger partial charge is 0.239 e. The summed E-state index contributed by atoms with van der Waals surface area (Å²) in [7, 11) is -3.59. The molecule has 2 aromatic rings. The zero-order chi connectivity index (χ0) is 23.8. The number of nitrogens with one attached hydrogen (secondary N) is 1. The summed E-state index contributed by atoms with van der Waals surface area (Å²) in [5.41, 5.74) is 1.39.